The Morgan fingerprint density at radius 1 is 1.00 bits per heavy atom. The van der Waals surface area contributed by atoms with Crippen molar-refractivity contribution in [3.63, 3.8) is 0 Å². The van der Waals surface area contributed by atoms with Crippen molar-refractivity contribution in [2.45, 2.75) is 78.0 Å². The fraction of sp³-hybridized carbons (Fsp3) is 0.556. The molecule has 0 aromatic heterocycles. The first kappa shape index (κ1) is 25.7. The van der Waals surface area contributed by atoms with Gasteiger partial charge in [-0.15, -0.1) is 0 Å². The molecule has 0 saturated carbocycles. The molecular formula is C27H36N2O5. The number of ether oxygens (including phenoxy) is 1. The van der Waals surface area contributed by atoms with Gasteiger partial charge in [0, 0.05) is 13.0 Å². The van der Waals surface area contributed by atoms with Crippen LogP contribution in [0, 0.1) is 11.8 Å². The number of fused-ring (bicyclic) bond motifs is 1. The van der Waals surface area contributed by atoms with Crippen LogP contribution in [-0.2, 0) is 30.3 Å². The van der Waals surface area contributed by atoms with Gasteiger partial charge in [-0.1, -0.05) is 43.3 Å². The number of benzene rings is 1. The molecular weight excluding hydrogens is 432 g/mol. The van der Waals surface area contributed by atoms with E-state index in [9.17, 15) is 19.2 Å². The lowest BCUT2D eigenvalue weighted by molar-refractivity contribution is -0.158. The van der Waals surface area contributed by atoms with Crippen LogP contribution in [0.15, 0.2) is 42.0 Å². The van der Waals surface area contributed by atoms with Crippen LogP contribution in [0.5, 0.6) is 0 Å². The number of cyclic esters (lactones) is 1. The van der Waals surface area contributed by atoms with Crippen molar-refractivity contribution in [3.05, 3.63) is 47.5 Å². The predicted octanol–water partition coefficient (Wildman–Crippen LogP) is 3.22. The number of hydrogen-bond acceptors (Lipinski definition) is 5. The van der Waals surface area contributed by atoms with Crippen LogP contribution in [-0.4, -0.2) is 53.2 Å². The highest BCUT2D eigenvalue weighted by Crippen LogP contribution is 2.23. The van der Waals surface area contributed by atoms with E-state index < -0.39 is 29.9 Å². The van der Waals surface area contributed by atoms with E-state index in [-0.39, 0.29) is 30.1 Å². The Morgan fingerprint density at radius 3 is 2.41 bits per heavy atom. The van der Waals surface area contributed by atoms with Gasteiger partial charge < -0.3 is 15.0 Å². The van der Waals surface area contributed by atoms with Gasteiger partial charge in [0.1, 0.15) is 12.1 Å². The van der Waals surface area contributed by atoms with E-state index in [1.165, 1.54) is 4.90 Å². The zero-order chi connectivity index (χ0) is 24.8. The van der Waals surface area contributed by atoms with Crippen molar-refractivity contribution < 1.29 is 23.9 Å². The minimum absolute atomic E-state index is 0.101. The molecule has 2 heterocycles. The first-order chi connectivity index (χ1) is 16.2. The van der Waals surface area contributed by atoms with Gasteiger partial charge in [-0.25, -0.2) is 4.79 Å². The number of allylic oxidation sites excluding steroid dienone is 2. The Labute approximate surface area is 201 Å². The van der Waals surface area contributed by atoms with E-state index in [1.54, 1.807) is 13.8 Å². The number of nitrogens with one attached hydrogen (secondary N) is 1. The number of hydrogen-bond donors (Lipinski definition) is 1. The molecule has 3 rings (SSSR count). The summed E-state index contributed by atoms with van der Waals surface area (Å²) in [7, 11) is 0. The molecule has 34 heavy (non-hydrogen) atoms. The number of carbonyl (C=O) groups excluding carboxylic acids is 4. The monoisotopic (exact) mass is 468 g/mol. The molecule has 0 bridgehead atoms. The summed E-state index contributed by atoms with van der Waals surface area (Å²) in [6.45, 7) is 7.59. The highest BCUT2D eigenvalue weighted by molar-refractivity contribution is 6.09. The van der Waals surface area contributed by atoms with E-state index >= 15 is 0 Å². The molecule has 1 fully saturated rings. The van der Waals surface area contributed by atoms with Gasteiger partial charge in [0.2, 0.25) is 11.8 Å². The minimum atomic E-state index is -0.916. The van der Waals surface area contributed by atoms with Crippen molar-refractivity contribution in [2.24, 2.45) is 11.8 Å². The predicted molar refractivity (Wildman–Crippen MR) is 129 cm³/mol. The fourth-order valence-electron chi connectivity index (χ4n) is 4.71. The number of rotatable bonds is 2. The summed E-state index contributed by atoms with van der Waals surface area (Å²) >= 11 is 0. The van der Waals surface area contributed by atoms with Crippen LogP contribution in [0.1, 0.15) is 58.9 Å². The number of Topliss-reactive ketones (excluding diaryl/α,β-unsaturated/α-hetero) is 1. The Morgan fingerprint density at radius 2 is 1.71 bits per heavy atom. The number of ketones is 1. The Hall–Kier alpha value is -2.96. The molecule has 7 heteroatoms. The summed E-state index contributed by atoms with van der Waals surface area (Å²) < 4.78 is 5.69. The van der Waals surface area contributed by atoms with Crippen LogP contribution in [0.4, 0.5) is 0 Å². The minimum Gasteiger partial charge on any atom is -0.461 e. The summed E-state index contributed by atoms with van der Waals surface area (Å²) in [5, 5.41) is 2.81. The number of nitrogens with zero attached hydrogens (tertiary/aromatic N) is 1. The first-order valence-electron chi connectivity index (χ1n) is 12.2. The average Bonchev–Trinajstić information content (AvgIpc) is 3.31. The summed E-state index contributed by atoms with van der Waals surface area (Å²) in [5.74, 6) is -2.26. The molecule has 184 valence electrons. The number of carbonyl (C=O) groups is 4. The molecule has 5 atom stereocenters. The average molecular weight is 469 g/mol. The maximum absolute atomic E-state index is 13.6. The summed E-state index contributed by atoms with van der Waals surface area (Å²) in [4.78, 5) is 54.1. The molecule has 2 aliphatic heterocycles. The lowest BCUT2D eigenvalue weighted by Gasteiger charge is -2.30. The second kappa shape index (κ2) is 11.4. The van der Waals surface area contributed by atoms with Gasteiger partial charge in [-0.05, 0) is 63.5 Å². The van der Waals surface area contributed by atoms with Gasteiger partial charge in [0.15, 0.2) is 5.78 Å². The molecule has 2 aliphatic rings. The topological polar surface area (TPSA) is 92.8 Å². The van der Waals surface area contributed by atoms with Crippen LogP contribution in [0.3, 0.4) is 0 Å². The lowest BCUT2D eigenvalue weighted by atomic mass is 9.94. The van der Waals surface area contributed by atoms with Gasteiger partial charge in [-0.3, -0.25) is 14.4 Å². The Kier molecular flexibility index (Phi) is 8.64. The zero-order valence-electron chi connectivity index (χ0n) is 20.6. The molecule has 0 spiro atoms. The van der Waals surface area contributed by atoms with E-state index in [0.29, 0.717) is 31.4 Å². The van der Waals surface area contributed by atoms with Crippen LogP contribution in [0.2, 0.25) is 0 Å². The van der Waals surface area contributed by atoms with E-state index in [2.05, 4.69) is 5.32 Å². The standard InChI is InChI=1S/C27H36N2O5/c1-17-12-13-19(3)34-27(33)23-11-8-14-29(23)26(32)22(16-21-9-6-5-7-10-21)28-25(31)20(4)24(30)18(2)15-17/h5-7,9-10,15,17,19-20,22-23H,8,11-14,16H2,1-4H3,(H,28,31)/t17-,19-,20+,22+,23+/m1/s1. The molecule has 1 saturated heterocycles. The van der Waals surface area contributed by atoms with Crippen molar-refractivity contribution in [1.82, 2.24) is 10.2 Å². The van der Waals surface area contributed by atoms with E-state index in [0.717, 1.165) is 12.0 Å². The van der Waals surface area contributed by atoms with Crippen molar-refractivity contribution >= 4 is 23.6 Å². The zero-order valence-corrected chi connectivity index (χ0v) is 20.6. The molecule has 1 N–H and O–H groups in total. The molecule has 1 aromatic carbocycles. The maximum Gasteiger partial charge on any atom is 0.329 e. The maximum atomic E-state index is 13.6. The van der Waals surface area contributed by atoms with Crippen LogP contribution >= 0.6 is 0 Å². The summed E-state index contributed by atoms with van der Waals surface area (Å²) in [5.41, 5.74) is 1.41. The van der Waals surface area contributed by atoms with Crippen molar-refractivity contribution in [3.8, 4) is 0 Å². The highest BCUT2D eigenvalue weighted by atomic mass is 16.5. The van der Waals surface area contributed by atoms with Crippen molar-refractivity contribution in [1.29, 1.82) is 0 Å². The molecule has 0 aliphatic carbocycles. The van der Waals surface area contributed by atoms with Crippen molar-refractivity contribution in [2.75, 3.05) is 6.54 Å². The molecule has 7 nitrogen and oxygen atoms in total. The van der Waals surface area contributed by atoms with Gasteiger partial charge in [0.05, 0.1) is 12.0 Å². The van der Waals surface area contributed by atoms with E-state index in [4.69, 9.17) is 4.74 Å². The largest absolute Gasteiger partial charge is 0.461 e. The molecule has 0 radical (unpaired) electrons. The third-order valence-corrected chi connectivity index (χ3v) is 6.76. The second-order valence-electron chi connectivity index (χ2n) is 9.68. The smallest absolute Gasteiger partial charge is 0.329 e. The van der Waals surface area contributed by atoms with Crippen LogP contribution < -0.4 is 5.32 Å². The third-order valence-electron chi connectivity index (χ3n) is 6.76. The van der Waals surface area contributed by atoms with Gasteiger partial charge in [0.25, 0.3) is 0 Å². The van der Waals surface area contributed by atoms with Crippen LogP contribution in [0.25, 0.3) is 0 Å². The number of amides is 2. The lowest BCUT2D eigenvalue weighted by Crippen LogP contribution is -2.54. The van der Waals surface area contributed by atoms with Gasteiger partial charge >= 0.3 is 5.97 Å². The molecule has 2 amide bonds. The fourth-order valence-corrected chi connectivity index (χ4v) is 4.71. The molecule has 1 aromatic rings. The number of esters is 1. The highest BCUT2D eigenvalue weighted by Gasteiger charge is 2.39. The molecule has 0 unspecified atom stereocenters. The normalized spacial score (nSPS) is 29.8. The Bertz CT molecular complexity index is 942. The third kappa shape index (κ3) is 6.33. The summed E-state index contributed by atoms with van der Waals surface area (Å²) in [6, 6.07) is 7.86. The second-order valence-corrected chi connectivity index (χ2v) is 9.68. The van der Waals surface area contributed by atoms with E-state index in [1.807, 2.05) is 50.3 Å². The SMILES string of the molecule is CC1=C[C@H](C)CC[C@@H](C)OC(=O)[C@@H]2CCCN2C(=O)[C@H](Cc2ccccc2)NC(=O)[C@@H](C)C1=O. The quantitative estimate of drug-likeness (QED) is 0.531. The Balaban J connectivity index is 1.93. The first-order valence-corrected chi connectivity index (χ1v) is 12.2. The summed E-state index contributed by atoms with van der Waals surface area (Å²) in [6.07, 6.45) is 4.48. The van der Waals surface area contributed by atoms with Gasteiger partial charge in [-0.2, -0.15) is 0 Å².